The number of aliphatic imine (C=N–C) groups is 5. The number of Topliss-reactive ketones (excluding diaryl/α,β-unsaturated/α-hetero) is 5. The zero-order valence-electron chi connectivity index (χ0n) is 80.0. The molecule has 25 N–H and O–H groups in total. The van der Waals surface area contributed by atoms with Crippen LogP contribution in [0.5, 0.6) is 0 Å². The van der Waals surface area contributed by atoms with E-state index >= 15 is 0 Å². The van der Waals surface area contributed by atoms with Gasteiger partial charge in [-0.15, -0.1) is 96.0 Å². The fourth-order valence-corrected chi connectivity index (χ4v) is 20.3. The number of guanidine groups is 5. The number of methoxy groups -OCH3 is 1. The molecule has 0 aliphatic carbocycles. The van der Waals surface area contributed by atoms with Crippen LogP contribution in [0.15, 0.2) is 146 Å². The van der Waals surface area contributed by atoms with Gasteiger partial charge in [0.2, 0.25) is 58.5 Å². The van der Waals surface area contributed by atoms with Crippen LogP contribution in [-0.4, -0.2) is 258 Å². The second kappa shape index (κ2) is 64.8. The molecule has 0 spiro atoms. The summed E-state index contributed by atoms with van der Waals surface area (Å²) >= 11 is 6.63. The molecule has 5 aliphatic rings. The van der Waals surface area contributed by atoms with Crippen molar-refractivity contribution >= 4 is 202 Å². The van der Waals surface area contributed by atoms with Gasteiger partial charge >= 0.3 is 6.09 Å². The molecule has 0 bridgehead atoms. The zero-order chi connectivity index (χ0) is 100.0. The number of rotatable bonds is 40. The predicted octanol–water partition coefficient (Wildman–Crippen LogP) is 7.57. The standard InChI is InChI=1S/C20H26N6O4S.2C19H25N6O2S.C18H23N6O2S.C17H21N6O2S.4Ac/c1-30-20(29)26-11-5-8-14(26)17(28)24-13(7-4-10-23-19(21)22)16(27)18-25-12-6-2-3-9-15(12)31-18;20-19(21)23-10-4-7-14(24-17(27)12-5-3-9-22-11-12)16(26)18-25-13-6-1-2-8-15(13)28-18;20-19(21)23-11-5-8-13(24-17(27)14-7-3-4-10-22-14)16(26)18-25-12-6-1-2-9-15(12)28-18;19-18(20)22-8-3-5-13(23-16(26)11-7-9-21-10-11)15(25)17-24-12-4-1-2-6-14(12)27-17;18-17(19)21-8-3-5-11(22-15(25)12-7-9-20-12)14(24)16-23-10-4-1-2-6-13(10)26-16;;;;/h2-3,6,9,13-14H,4-5,7-8,10-11H2,1H3,(H,24,28)(H4,21,22,23);1-2,6,8,12,14H,3-5,7,9-11H2,(H,24,27)(H4,20,21,23);1-2,6,9,13-14H,3-5,7-8,10-11H2,(H,24,27)(H4,20,21,23);1-2,4,6,11,13H,3,5,7-10H2,(H,23,26)(H4,19,20,22);1-2,4,6,11-12H,3,5,7-9H2,(H,22,25)(H4,18,19,21);;;;/q;4*-1;;;;/t13?,14-;12-,14?;13?,14-;11-,13?;11?,12-;;;;/m01010..../s1. The van der Waals surface area contributed by atoms with Crippen molar-refractivity contribution in [3.8, 4) is 0 Å². The Morgan fingerprint density at radius 1 is 0.347 bits per heavy atom. The fraction of sp³-hybridized carbons (Fsp3) is 0.452. The van der Waals surface area contributed by atoms with Crippen molar-refractivity contribution in [1.29, 1.82) is 0 Å². The van der Waals surface area contributed by atoms with E-state index in [0.29, 0.717) is 174 Å². The molecule has 5 aliphatic heterocycles. The second-order valence-corrected chi connectivity index (χ2v) is 38.5. The number of hydrogen-bond donors (Lipinski definition) is 15. The van der Waals surface area contributed by atoms with Crippen LogP contribution >= 0.6 is 56.7 Å². The van der Waals surface area contributed by atoms with Gasteiger partial charge in [-0.2, -0.15) is 0 Å². The van der Waals surface area contributed by atoms with E-state index in [9.17, 15) is 52.7 Å². The molecule has 5 unspecified atom stereocenters. The number of likely N-dealkylation sites (tertiary alicyclic amines) is 1. The summed E-state index contributed by atoms with van der Waals surface area (Å²) in [5.41, 5.74) is 57.3. The maximum atomic E-state index is 13.2. The largest absolute Gasteiger partial charge is 0.662 e. The molecule has 10 aromatic rings. The molecule has 5 fully saturated rings. The smallest absolute Gasteiger partial charge is 0.410 e. The van der Waals surface area contributed by atoms with E-state index in [1.54, 1.807) is 0 Å². The first-order valence-corrected chi connectivity index (χ1v) is 50.4. The number of amides is 6. The molecule has 5 aromatic carbocycles. The van der Waals surface area contributed by atoms with E-state index in [4.69, 9.17) is 62.1 Å². The molecular weight excluding hydrogens is 2800 g/mol. The monoisotopic (exact) mass is 2920 g/mol. The Hall–Kier alpha value is -7.52. The number of nitrogens with one attached hydrogen (secondary N) is 5. The van der Waals surface area contributed by atoms with Gasteiger partial charge in [-0.1, -0.05) is 111 Å². The molecule has 5 saturated heterocycles. The number of piperidine rings is 2. The van der Waals surface area contributed by atoms with Crippen molar-refractivity contribution in [2.24, 2.45) is 94.1 Å². The van der Waals surface area contributed by atoms with Gasteiger partial charge in [-0.25, -0.2) is 29.7 Å². The van der Waals surface area contributed by atoms with Gasteiger partial charge in [-0.3, -0.25) is 77.8 Å². The quantitative estimate of drug-likeness (QED) is 0.00761. The Labute approximate surface area is 996 Å². The first-order chi connectivity index (χ1) is 67.6. The average molecular weight is 2920 g/mol. The van der Waals surface area contributed by atoms with Crippen LogP contribution in [0, 0.1) is 188 Å². The molecule has 5 aromatic heterocycles. The first kappa shape index (κ1) is 123. The maximum Gasteiger partial charge on any atom is 0.410 e. The zero-order valence-corrected chi connectivity index (χ0v) is 103. The first-order valence-electron chi connectivity index (χ1n) is 46.3. The third-order valence-corrected chi connectivity index (χ3v) is 28.2. The van der Waals surface area contributed by atoms with Crippen molar-refractivity contribution in [1.82, 2.24) is 56.4 Å². The molecule has 10 atom stereocenters. The summed E-state index contributed by atoms with van der Waals surface area (Å²) in [4.78, 5) is 183. The Balaban J connectivity index is 0.000000243. The van der Waals surface area contributed by atoms with Gasteiger partial charge < -0.3 is 110 Å². The van der Waals surface area contributed by atoms with Gasteiger partial charge in [0.15, 0.2) is 54.8 Å². The number of aromatic nitrogens is 5. The Bertz CT molecular complexity index is 5750. The number of hydrogen-bond acceptors (Lipinski definition) is 27. The van der Waals surface area contributed by atoms with Crippen LogP contribution in [0.1, 0.15) is 171 Å². The Morgan fingerprint density at radius 3 is 0.896 bits per heavy atom. The number of ether oxygens (including phenoxy) is 1. The normalized spacial score (nSPS) is 16.9. The number of nitrogens with two attached hydrogens (primary N) is 10. The predicted molar refractivity (Wildman–Crippen MR) is 551 cm³/mol. The summed E-state index contributed by atoms with van der Waals surface area (Å²) in [6, 6.07) is 33.0. The summed E-state index contributed by atoms with van der Waals surface area (Å²) in [7, 11) is 1.28. The summed E-state index contributed by atoms with van der Waals surface area (Å²) in [5.74, 6) is -2.34. The topological polar surface area (TPSA) is 703 Å². The Kier molecular flexibility index (Phi) is 55.5. The molecule has 4 radical (unpaired) electrons. The summed E-state index contributed by atoms with van der Waals surface area (Å²) in [5, 5.41) is 33.3. The summed E-state index contributed by atoms with van der Waals surface area (Å²) in [6.07, 6.45) is 11.4. The molecule has 42 nitrogen and oxygen atoms in total. The third kappa shape index (κ3) is 39.1. The number of para-hydroxylation sites is 5. The van der Waals surface area contributed by atoms with Gasteiger partial charge in [0.25, 0.3) is 0 Å². The van der Waals surface area contributed by atoms with Gasteiger partial charge in [-0.05, 0) is 144 Å². The number of carbonyl (C=O) groups is 11. The third-order valence-electron chi connectivity index (χ3n) is 22.9. The number of benzene rings is 5. The summed E-state index contributed by atoms with van der Waals surface area (Å²) in [6.45, 7) is 6.29. The van der Waals surface area contributed by atoms with Crippen LogP contribution in [0.4, 0.5) is 4.79 Å². The van der Waals surface area contributed by atoms with Crippen molar-refractivity contribution in [2.45, 2.75) is 170 Å². The molecule has 0 saturated carbocycles. The molecule has 15 rings (SSSR count). The summed E-state index contributed by atoms with van der Waals surface area (Å²) < 4.78 is 9.43. The maximum absolute atomic E-state index is 13.2. The second-order valence-electron chi connectivity index (χ2n) is 33.3. The molecular formula is C93H120Ac4N30O12S5-4. The molecule has 6 amide bonds. The van der Waals surface area contributed by atoms with Crippen LogP contribution in [0.3, 0.4) is 0 Å². The number of thiazole rings is 5. The van der Waals surface area contributed by atoms with E-state index in [1.165, 1.54) is 68.7 Å². The number of fused-ring (bicyclic) bond motifs is 5. The van der Waals surface area contributed by atoms with Gasteiger partial charge in [0.05, 0.1) is 88.4 Å². The van der Waals surface area contributed by atoms with Gasteiger partial charge in [0.1, 0.15) is 6.04 Å². The van der Waals surface area contributed by atoms with E-state index in [-0.39, 0.29) is 288 Å². The Morgan fingerprint density at radius 2 is 0.632 bits per heavy atom. The van der Waals surface area contributed by atoms with Crippen molar-refractivity contribution in [2.75, 3.05) is 85.6 Å². The SMILES string of the molecule is COC(=O)N1CCC[C@H]1C(=O)NC(CCCN=C(N)N)C(=O)c1nc2ccccc2s1.NC(N)=NCCCC(NC(=O)[C@@H]1CCCC[N-]1)C(=O)c1nc2ccccc2s1.NC(N)=NCCCC(NC(=O)[C@@H]1CCC[N-]C1)C(=O)c1nc2ccccc2s1.NC(N)=NCCCC(NC(=O)[C@@H]1CC[N-]1)C(=O)c1nc2ccccc2s1.NC(N)=NCCCC(NC(=O)[C@@H]1CC[N-]C1)C(=O)c1nc2ccccc2s1.[Ac].[Ac].[Ac].[Ac]. The van der Waals surface area contributed by atoms with Crippen LogP contribution in [-0.2, 0) is 28.7 Å². The number of carbonyl (C=O) groups excluding carboxylic acids is 11. The van der Waals surface area contributed by atoms with Crippen LogP contribution < -0.4 is 83.9 Å². The van der Waals surface area contributed by atoms with Crippen molar-refractivity contribution in [3.05, 3.63) is 168 Å². The minimum absolute atomic E-state index is 0. The minimum atomic E-state index is -0.803. The van der Waals surface area contributed by atoms with Crippen molar-refractivity contribution < 1.29 is 234 Å². The number of nitrogens with zero attached hydrogens (tertiary/aromatic N) is 15. The molecule has 144 heavy (non-hydrogen) atoms. The molecule has 760 valence electrons. The van der Waals surface area contributed by atoms with Gasteiger partial charge in [0, 0.05) is 227 Å². The minimum Gasteiger partial charge on any atom is -0.662 e. The average Bonchev–Trinajstić information content (AvgIpc) is 1.70. The van der Waals surface area contributed by atoms with E-state index in [1.807, 2.05) is 121 Å². The molecule has 10 heterocycles. The fourth-order valence-electron chi connectivity index (χ4n) is 15.5. The van der Waals surface area contributed by atoms with Crippen LogP contribution in [0.2, 0.25) is 0 Å². The number of ketones is 5. The molecule has 51 heteroatoms. The van der Waals surface area contributed by atoms with Crippen molar-refractivity contribution in [3.63, 3.8) is 0 Å². The van der Waals surface area contributed by atoms with E-state index < -0.39 is 42.3 Å². The van der Waals surface area contributed by atoms with E-state index in [0.717, 1.165) is 103 Å². The van der Waals surface area contributed by atoms with E-state index in [2.05, 4.69) is 97.7 Å². The van der Waals surface area contributed by atoms with Crippen LogP contribution in [0.25, 0.3) is 72.4 Å².